The van der Waals surface area contributed by atoms with Crippen LogP contribution in [0.15, 0.2) is 18.2 Å². The fraction of sp³-hybridized carbons (Fsp3) is 0.400. The molecule has 0 spiro atoms. The van der Waals surface area contributed by atoms with Gasteiger partial charge in [-0.3, -0.25) is 0 Å². The molecule has 6 heteroatoms. The van der Waals surface area contributed by atoms with E-state index in [1.54, 1.807) is 0 Å². The number of benzene rings is 1. The second-order valence-electron chi connectivity index (χ2n) is 3.58. The van der Waals surface area contributed by atoms with Gasteiger partial charge >= 0.3 is 0 Å². The van der Waals surface area contributed by atoms with E-state index in [0.29, 0.717) is 0 Å². The van der Waals surface area contributed by atoms with Crippen LogP contribution in [-0.4, -0.2) is 25.5 Å². The molecular formula is C10H12ClFO3S. The van der Waals surface area contributed by atoms with Crippen LogP contribution in [-0.2, 0) is 9.84 Å². The second-order valence-corrected chi connectivity index (χ2v) is 6.22. The van der Waals surface area contributed by atoms with Gasteiger partial charge in [0.25, 0.3) is 0 Å². The standard InChI is InChI=1S/C10H12ClFO3S/c1-16(14,15)6-5-9(13)7-3-2-4-8(12)10(7)11/h2-4,9,13H,5-6H2,1H3. The molecular weight excluding hydrogens is 255 g/mol. The van der Waals surface area contributed by atoms with Crippen molar-refractivity contribution in [2.45, 2.75) is 12.5 Å². The molecule has 90 valence electrons. The number of hydrogen-bond acceptors (Lipinski definition) is 3. The summed E-state index contributed by atoms with van der Waals surface area (Å²) in [5.41, 5.74) is 0.213. The lowest BCUT2D eigenvalue weighted by Gasteiger charge is -2.12. The highest BCUT2D eigenvalue weighted by Gasteiger charge is 2.16. The number of hydrogen-bond donors (Lipinski definition) is 1. The molecule has 0 aromatic heterocycles. The number of aliphatic hydroxyl groups is 1. The molecule has 0 saturated carbocycles. The van der Waals surface area contributed by atoms with Crippen LogP contribution in [0.1, 0.15) is 18.1 Å². The first kappa shape index (κ1) is 13.4. The largest absolute Gasteiger partial charge is 0.388 e. The quantitative estimate of drug-likeness (QED) is 0.906. The van der Waals surface area contributed by atoms with Crippen LogP contribution >= 0.6 is 11.6 Å². The first-order valence-electron chi connectivity index (χ1n) is 4.61. The lowest BCUT2D eigenvalue weighted by Crippen LogP contribution is -2.09. The normalized spacial score (nSPS) is 13.8. The molecule has 0 aliphatic heterocycles. The van der Waals surface area contributed by atoms with Gasteiger partial charge in [0.05, 0.1) is 16.9 Å². The summed E-state index contributed by atoms with van der Waals surface area (Å²) >= 11 is 5.65. The minimum absolute atomic E-state index is 0.00199. The van der Waals surface area contributed by atoms with Gasteiger partial charge in [-0.2, -0.15) is 0 Å². The number of rotatable bonds is 4. The maximum absolute atomic E-state index is 13.1. The highest BCUT2D eigenvalue weighted by Crippen LogP contribution is 2.27. The molecule has 0 bridgehead atoms. The van der Waals surface area contributed by atoms with Gasteiger partial charge in [-0.15, -0.1) is 0 Å². The first-order valence-corrected chi connectivity index (χ1v) is 7.05. The molecule has 0 amide bonds. The van der Waals surface area contributed by atoms with Crippen LogP contribution in [0.5, 0.6) is 0 Å². The van der Waals surface area contributed by atoms with E-state index in [4.69, 9.17) is 11.6 Å². The molecule has 0 fully saturated rings. The Kier molecular flexibility index (Phi) is 4.29. The maximum atomic E-state index is 13.1. The van der Waals surface area contributed by atoms with Crippen LogP contribution in [0.25, 0.3) is 0 Å². The van der Waals surface area contributed by atoms with Crippen LogP contribution in [0.2, 0.25) is 5.02 Å². The molecule has 1 rings (SSSR count). The zero-order valence-electron chi connectivity index (χ0n) is 8.65. The maximum Gasteiger partial charge on any atom is 0.147 e. The minimum atomic E-state index is -3.15. The summed E-state index contributed by atoms with van der Waals surface area (Å²) in [7, 11) is -3.15. The summed E-state index contributed by atoms with van der Waals surface area (Å²) in [6.07, 6.45) is 0.00692. The molecule has 3 nitrogen and oxygen atoms in total. The smallest absolute Gasteiger partial charge is 0.147 e. The van der Waals surface area contributed by atoms with Gasteiger partial charge < -0.3 is 5.11 Å². The van der Waals surface area contributed by atoms with Gasteiger partial charge in [0.15, 0.2) is 0 Å². The van der Waals surface area contributed by atoms with Crippen molar-refractivity contribution >= 4 is 21.4 Å². The Morgan fingerprint density at radius 2 is 2.12 bits per heavy atom. The summed E-state index contributed by atoms with van der Waals surface area (Å²) < 4.78 is 34.9. The Balaban J connectivity index is 2.81. The Hall–Kier alpha value is -0.650. The zero-order chi connectivity index (χ0) is 12.3. The Labute approximate surface area is 98.8 Å². The van der Waals surface area contributed by atoms with Gasteiger partial charge in [0.2, 0.25) is 0 Å². The van der Waals surface area contributed by atoms with E-state index in [0.717, 1.165) is 6.26 Å². The van der Waals surface area contributed by atoms with Crippen molar-refractivity contribution in [1.29, 1.82) is 0 Å². The van der Waals surface area contributed by atoms with E-state index in [-0.39, 0.29) is 22.8 Å². The third kappa shape index (κ3) is 3.73. The first-order chi connectivity index (χ1) is 7.31. The summed E-state index contributed by atoms with van der Waals surface area (Å²) in [6, 6.07) is 4.06. The molecule has 1 aromatic rings. The van der Waals surface area contributed by atoms with Crippen molar-refractivity contribution in [3.8, 4) is 0 Å². The lowest BCUT2D eigenvalue weighted by molar-refractivity contribution is 0.174. The van der Waals surface area contributed by atoms with E-state index >= 15 is 0 Å². The average Bonchev–Trinajstić information content (AvgIpc) is 2.17. The van der Waals surface area contributed by atoms with Crippen LogP contribution in [0.4, 0.5) is 4.39 Å². The van der Waals surface area contributed by atoms with Gasteiger partial charge in [-0.05, 0) is 12.5 Å². The SMILES string of the molecule is CS(=O)(=O)CCC(O)c1cccc(F)c1Cl. The molecule has 16 heavy (non-hydrogen) atoms. The topological polar surface area (TPSA) is 54.4 Å². The molecule has 1 atom stereocenters. The van der Waals surface area contributed by atoms with Crippen molar-refractivity contribution < 1.29 is 17.9 Å². The van der Waals surface area contributed by atoms with Gasteiger partial charge in [-0.1, -0.05) is 23.7 Å². The minimum Gasteiger partial charge on any atom is -0.388 e. The fourth-order valence-corrected chi connectivity index (χ4v) is 2.16. The zero-order valence-corrected chi connectivity index (χ0v) is 10.2. The third-order valence-electron chi connectivity index (χ3n) is 2.10. The molecule has 0 aliphatic rings. The summed E-state index contributed by atoms with van der Waals surface area (Å²) in [4.78, 5) is 0. The molecule has 1 N–H and O–H groups in total. The van der Waals surface area contributed by atoms with Crippen LogP contribution in [0, 0.1) is 5.82 Å². The van der Waals surface area contributed by atoms with Crippen molar-refractivity contribution in [3.05, 3.63) is 34.6 Å². The lowest BCUT2D eigenvalue weighted by atomic mass is 10.1. The van der Waals surface area contributed by atoms with Crippen LogP contribution in [0.3, 0.4) is 0 Å². The number of aliphatic hydroxyl groups excluding tert-OH is 1. The average molecular weight is 267 g/mol. The number of halogens is 2. The van der Waals surface area contributed by atoms with E-state index in [1.807, 2.05) is 0 Å². The summed E-state index contributed by atoms with van der Waals surface area (Å²) in [5, 5.41) is 9.51. The Bertz CT molecular complexity index is 473. The Morgan fingerprint density at radius 3 is 2.69 bits per heavy atom. The summed E-state index contributed by atoms with van der Waals surface area (Å²) in [5.74, 6) is -0.793. The molecule has 0 aliphatic carbocycles. The third-order valence-corrected chi connectivity index (χ3v) is 3.48. The van der Waals surface area contributed by atoms with Crippen molar-refractivity contribution in [3.63, 3.8) is 0 Å². The Morgan fingerprint density at radius 1 is 1.50 bits per heavy atom. The molecule has 0 radical (unpaired) electrons. The molecule has 1 aromatic carbocycles. The predicted octanol–water partition coefficient (Wildman–Crippen LogP) is 1.95. The van der Waals surface area contributed by atoms with E-state index in [2.05, 4.69) is 0 Å². The second kappa shape index (κ2) is 5.12. The van der Waals surface area contributed by atoms with E-state index < -0.39 is 21.8 Å². The highest BCUT2D eigenvalue weighted by atomic mass is 35.5. The van der Waals surface area contributed by atoms with Crippen molar-refractivity contribution in [1.82, 2.24) is 0 Å². The van der Waals surface area contributed by atoms with E-state index in [1.165, 1.54) is 18.2 Å². The molecule has 0 saturated heterocycles. The number of sulfone groups is 1. The van der Waals surface area contributed by atoms with Crippen molar-refractivity contribution in [2.24, 2.45) is 0 Å². The predicted molar refractivity (Wildman–Crippen MR) is 60.7 cm³/mol. The molecule has 1 unspecified atom stereocenters. The van der Waals surface area contributed by atoms with Crippen LogP contribution < -0.4 is 0 Å². The highest BCUT2D eigenvalue weighted by molar-refractivity contribution is 7.90. The van der Waals surface area contributed by atoms with E-state index in [9.17, 15) is 17.9 Å². The fourth-order valence-electron chi connectivity index (χ4n) is 1.26. The van der Waals surface area contributed by atoms with Crippen molar-refractivity contribution in [2.75, 3.05) is 12.0 Å². The van der Waals surface area contributed by atoms with Gasteiger partial charge in [0, 0.05) is 11.8 Å². The monoisotopic (exact) mass is 266 g/mol. The molecule has 0 heterocycles. The summed E-state index contributed by atoms with van der Waals surface area (Å²) in [6.45, 7) is 0. The van der Waals surface area contributed by atoms with Gasteiger partial charge in [0.1, 0.15) is 15.7 Å². The van der Waals surface area contributed by atoms with Gasteiger partial charge in [-0.25, -0.2) is 12.8 Å².